The van der Waals surface area contributed by atoms with E-state index >= 15 is 0 Å². The van der Waals surface area contributed by atoms with Crippen LogP contribution in [-0.2, 0) is 6.42 Å². The van der Waals surface area contributed by atoms with E-state index in [-0.39, 0.29) is 6.03 Å². The lowest BCUT2D eigenvalue weighted by Crippen LogP contribution is -2.50. The van der Waals surface area contributed by atoms with E-state index in [1.807, 2.05) is 44.7 Å². The van der Waals surface area contributed by atoms with E-state index in [4.69, 9.17) is 0 Å². The lowest BCUT2D eigenvalue weighted by molar-refractivity contribution is -0.468. The molecule has 0 saturated carbocycles. The van der Waals surface area contributed by atoms with E-state index in [0.29, 0.717) is 12.5 Å². The predicted octanol–water partition coefficient (Wildman–Crippen LogP) is 1.94. The average Bonchev–Trinajstić information content (AvgIpc) is 2.46. The molecule has 0 aromatic heterocycles. The number of nitrogens with zero attached hydrogens (tertiary/aromatic N) is 2. The van der Waals surface area contributed by atoms with Gasteiger partial charge in [0, 0.05) is 6.54 Å². The number of anilines is 1. The summed E-state index contributed by atoms with van der Waals surface area (Å²) in [5.74, 6) is 0.671. The van der Waals surface area contributed by atoms with Gasteiger partial charge in [0.05, 0.1) is 26.8 Å². The molecular weight excluding hydrogens is 264 g/mol. The van der Waals surface area contributed by atoms with Gasteiger partial charge in [-0.25, -0.2) is 4.79 Å². The molecular formula is C16H27N4O+. The van der Waals surface area contributed by atoms with Crippen LogP contribution in [0.5, 0.6) is 0 Å². The number of nitrogens with one attached hydrogen (secondary N) is 2. The molecule has 0 aliphatic heterocycles. The number of carbonyl (C=O) groups excluding carboxylic acids is 1. The summed E-state index contributed by atoms with van der Waals surface area (Å²) in [6.07, 6.45) is 0.900. The van der Waals surface area contributed by atoms with Gasteiger partial charge in [-0.3, -0.25) is 14.8 Å². The Hall–Kier alpha value is -2.04. The molecule has 21 heavy (non-hydrogen) atoms. The van der Waals surface area contributed by atoms with Crippen molar-refractivity contribution in [3.8, 4) is 0 Å². The van der Waals surface area contributed by atoms with Crippen LogP contribution < -0.4 is 15.5 Å². The third-order valence-electron chi connectivity index (χ3n) is 3.44. The maximum absolute atomic E-state index is 12.6. The molecule has 0 atom stereocenters. The number of aryl methyl sites for hydroxylation is 2. The van der Waals surface area contributed by atoms with Crippen LogP contribution >= 0.6 is 0 Å². The molecule has 1 rings (SSSR count). The monoisotopic (exact) mass is 291 g/mol. The lowest BCUT2D eigenvalue weighted by atomic mass is 10.0. The number of carbonyl (C=O) groups is 1. The zero-order valence-electron chi connectivity index (χ0n) is 13.9. The first-order chi connectivity index (χ1) is 9.96. The average molecular weight is 291 g/mol. The second-order valence-corrected chi connectivity index (χ2v) is 5.10. The number of amides is 2. The zero-order valence-corrected chi connectivity index (χ0v) is 13.9. The minimum Gasteiger partial charge on any atom is -0.281 e. The molecule has 0 saturated heterocycles. The normalized spacial score (nSPS) is 10.0. The maximum atomic E-state index is 12.6. The third-order valence-corrected chi connectivity index (χ3v) is 3.44. The summed E-state index contributed by atoms with van der Waals surface area (Å²) < 4.78 is 1.84. The molecule has 0 aliphatic rings. The van der Waals surface area contributed by atoms with Crippen LogP contribution in [0.15, 0.2) is 18.2 Å². The van der Waals surface area contributed by atoms with Crippen LogP contribution in [0.1, 0.15) is 25.0 Å². The number of hydrogen-bond donors (Lipinski definition) is 2. The van der Waals surface area contributed by atoms with Gasteiger partial charge in [0.15, 0.2) is 0 Å². The van der Waals surface area contributed by atoms with E-state index < -0.39 is 0 Å². The van der Waals surface area contributed by atoms with Crippen LogP contribution in [0.3, 0.4) is 0 Å². The molecule has 0 unspecified atom stereocenters. The molecule has 0 bridgehead atoms. The largest absolute Gasteiger partial charge is 0.386 e. The Bertz CT molecular complexity index is 533. The van der Waals surface area contributed by atoms with Gasteiger partial charge in [-0.05, 0) is 31.4 Å². The summed E-state index contributed by atoms with van der Waals surface area (Å²) in [6, 6.07) is 6.03. The fourth-order valence-corrected chi connectivity index (χ4v) is 2.36. The minimum absolute atomic E-state index is 0.125. The van der Waals surface area contributed by atoms with Crippen molar-refractivity contribution in [2.24, 2.45) is 0 Å². The second kappa shape index (κ2) is 7.67. The van der Waals surface area contributed by atoms with Crippen molar-refractivity contribution in [1.82, 2.24) is 10.6 Å². The highest BCUT2D eigenvalue weighted by Crippen LogP contribution is 2.25. The Balaban J connectivity index is 3.14. The molecule has 1 aromatic carbocycles. The van der Waals surface area contributed by atoms with Crippen molar-refractivity contribution in [2.75, 3.05) is 32.6 Å². The van der Waals surface area contributed by atoms with Gasteiger partial charge >= 0.3 is 12.0 Å². The van der Waals surface area contributed by atoms with Gasteiger partial charge in [-0.15, -0.1) is 0 Å². The molecule has 116 valence electrons. The molecule has 0 fully saturated rings. The summed E-state index contributed by atoms with van der Waals surface area (Å²) in [5, 5.41) is 5.90. The van der Waals surface area contributed by atoms with E-state index in [1.165, 1.54) is 5.56 Å². The van der Waals surface area contributed by atoms with Crippen molar-refractivity contribution < 1.29 is 9.37 Å². The van der Waals surface area contributed by atoms with Crippen molar-refractivity contribution in [3.05, 3.63) is 29.3 Å². The number of benzene rings is 1. The van der Waals surface area contributed by atoms with Gasteiger partial charge in [0.25, 0.3) is 0 Å². The minimum atomic E-state index is -0.125. The summed E-state index contributed by atoms with van der Waals surface area (Å²) in [5.41, 5.74) is 3.30. The van der Waals surface area contributed by atoms with E-state index in [1.54, 1.807) is 11.9 Å². The van der Waals surface area contributed by atoms with Gasteiger partial charge in [-0.2, -0.15) is 5.32 Å². The van der Waals surface area contributed by atoms with Crippen LogP contribution in [-0.4, -0.2) is 44.3 Å². The smallest absolute Gasteiger partial charge is 0.281 e. The molecule has 2 amide bonds. The van der Waals surface area contributed by atoms with Crippen molar-refractivity contribution in [2.45, 2.75) is 27.2 Å². The van der Waals surface area contributed by atoms with Crippen molar-refractivity contribution in [1.29, 1.82) is 0 Å². The van der Waals surface area contributed by atoms with E-state index in [9.17, 15) is 4.79 Å². The third kappa shape index (κ3) is 3.97. The lowest BCUT2D eigenvalue weighted by Gasteiger charge is -2.24. The Morgan fingerprint density at radius 1 is 1.29 bits per heavy atom. The van der Waals surface area contributed by atoms with Gasteiger partial charge < -0.3 is 0 Å². The van der Waals surface area contributed by atoms with Gasteiger partial charge in [0.1, 0.15) is 0 Å². The fraction of sp³-hybridized carbons (Fsp3) is 0.500. The number of para-hydroxylation sites is 1. The van der Waals surface area contributed by atoms with Gasteiger partial charge in [-0.1, -0.05) is 25.1 Å². The molecule has 0 heterocycles. The SMILES string of the molecule is CCc1cccc(C)c1N(CC)C(=O)NC(NC)=[N+](C)C. The molecule has 1 aromatic rings. The predicted molar refractivity (Wildman–Crippen MR) is 88.3 cm³/mol. The van der Waals surface area contributed by atoms with Gasteiger partial charge in [0.2, 0.25) is 0 Å². The molecule has 0 spiro atoms. The Morgan fingerprint density at radius 3 is 2.43 bits per heavy atom. The van der Waals surface area contributed by atoms with E-state index in [2.05, 4.69) is 23.6 Å². The molecule has 0 aliphatic carbocycles. The van der Waals surface area contributed by atoms with Crippen LogP contribution in [0.4, 0.5) is 10.5 Å². The first-order valence-corrected chi connectivity index (χ1v) is 7.35. The second-order valence-electron chi connectivity index (χ2n) is 5.10. The highest BCUT2D eigenvalue weighted by atomic mass is 16.2. The molecule has 2 N–H and O–H groups in total. The van der Waals surface area contributed by atoms with Crippen LogP contribution in [0.2, 0.25) is 0 Å². The quantitative estimate of drug-likeness (QED) is 0.508. The summed E-state index contributed by atoms with van der Waals surface area (Å²) >= 11 is 0. The van der Waals surface area contributed by atoms with Crippen LogP contribution in [0, 0.1) is 6.92 Å². The van der Waals surface area contributed by atoms with Crippen molar-refractivity contribution in [3.63, 3.8) is 0 Å². The molecule has 0 radical (unpaired) electrons. The Morgan fingerprint density at radius 2 is 1.95 bits per heavy atom. The molecule has 5 heteroatoms. The summed E-state index contributed by atoms with van der Waals surface area (Å²) in [6.45, 7) is 6.75. The Kier molecular flexibility index (Phi) is 6.21. The zero-order chi connectivity index (χ0) is 16.0. The summed E-state index contributed by atoms with van der Waals surface area (Å²) in [7, 11) is 5.55. The topological polar surface area (TPSA) is 47.4 Å². The number of hydrogen-bond acceptors (Lipinski definition) is 1. The van der Waals surface area contributed by atoms with Crippen molar-refractivity contribution >= 4 is 17.7 Å². The highest BCUT2D eigenvalue weighted by molar-refractivity contribution is 6.03. The maximum Gasteiger partial charge on any atom is 0.386 e. The summed E-state index contributed by atoms with van der Waals surface area (Å²) in [4.78, 5) is 14.4. The highest BCUT2D eigenvalue weighted by Gasteiger charge is 2.23. The standard InChI is InChI=1S/C16H26N4O/c1-7-13-11-9-10-12(3)14(13)20(8-2)16(21)18-15(17-4)19(5)6/h9-11H,7-8H2,1-6H3,(H,17,18,21)/p+1. The molecule has 5 nitrogen and oxygen atoms in total. The first kappa shape index (κ1) is 17.0. The number of guanidine groups is 1. The number of urea groups is 1. The first-order valence-electron chi connectivity index (χ1n) is 7.35. The fourth-order valence-electron chi connectivity index (χ4n) is 2.36. The van der Waals surface area contributed by atoms with E-state index in [0.717, 1.165) is 17.7 Å². The number of rotatable bonds is 3. The Labute approximate surface area is 127 Å². The van der Waals surface area contributed by atoms with Crippen LogP contribution in [0.25, 0.3) is 0 Å².